The molecule has 3 unspecified atom stereocenters. The van der Waals surface area contributed by atoms with Gasteiger partial charge in [-0.3, -0.25) is 4.79 Å². The second-order valence-corrected chi connectivity index (χ2v) is 10.8. The van der Waals surface area contributed by atoms with Gasteiger partial charge in [0.1, 0.15) is 5.78 Å². The number of terminal acetylenes is 1. The zero-order valence-electron chi connectivity index (χ0n) is 16.9. The molecular weight excluding hydrogens is 320 g/mol. The second-order valence-electron chi connectivity index (χ2n) is 10.8. The van der Waals surface area contributed by atoms with Crippen LogP contribution in [0.15, 0.2) is 0 Å². The summed E-state index contributed by atoms with van der Waals surface area (Å²) in [5.41, 5.74) is -0.0174. The summed E-state index contributed by atoms with van der Waals surface area (Å²) in [6.45, 7) is 6.76. The van der Waals surface area contributed by atoms with Gasteiger partial charge < -0.3 is 5.11 Å². The molecule has 0 bridgehead atoms. The fourth-order valence-corrected chi connectivity index (χ4v) is 8.34. The number of fused-ring (bicyclic) bond motifs is 5. The Balaban J connectivity index is 1.58. The van der Waals surface area contributed by atoms with E-state index in [1.54, 1.807) is 0 Å². The second kappa shape index (κ2) is 6.10. The van der Waals surface area contributed by atoms with E-state index in [4.69, 9.17) is 6.42 Å². The summed E-state index contributed by atoms with van der Waals surface area (Å²) in [6, 6.07) is 0. The molecule has 0 aliphatic heterocycles. The van der Waals surface area contributed by atoms with Gasteiger partial charge in [0.25, 0.3) is 0 Å². The first-order valence-electron chi connectivity index (χ1n) is 10.9. The van der Waals surface area contributed by atoms with Crippen molar-refractivity contribution in [2.24, 2.45) is 40.4 Å². The average molecular weight is 357 g/mol. The standard InChI is InChI=1S/C24H36O2/c1-5-11-24(26)14-13-22(3)17(15-24)6-7-18-20-9-8-19(16(2)25)23(20,4)12-10-21(18)22/h1,17-21,26H,6-15H2,2-4H3/t17-,18?,19+,20?,21?,22-,23+,24+/m0/s1. The van der Waals surface area contributed by atoms with Crippen LogP contribution in [0.3, 0.4) is 0 Å². The summed E-state index contributed by atoms with van der Waals surface area (Å²) in [7, 11) is 0. The lowest BCUT2D eigenvalue weighted by molar-refractivity contribution is -0.152. The summed E-state index contributed by atoms with van der Waals surface area (Å²) < 4.78 is 0. The van der Waals surface area contributed by atoms with Crippen LogP contribution in [0.1, 0.15) is 85.0 Å². The van der Waals surface area contributed by atoms with Crippen molar-refractivity contribution in [3.05, 3.63) is 0 Å². The van der Waals surface area contributed by atoms with E-state index in [0.29, 0.717) is 29.5 Å². The molecule has 26 heavy (non-hydrogen) atoms. The molecule has 4 fully saturated rings. The van der Waals surface area contributed by atoms with Gasteiger partial charge in [-0.15, -0.1) is 12.3 Å². The van der Waals surface area contributed by atoms with Crippen LogP contribution in [0.2, 0.25) is 0 Å². The zero-order chi connectivity index (χ0) is 18.7. The Morgan fingerprint density at radius 3 is 2.46 bits per heavy atom. The van der Waals surface area contributed by atoms with Crippen LogP contribution >= 0.6 is 0 Å². The van der Waals surface area contributed by atoms with Crippen LogP contribution in [-0.2, 0) is 4.79 Å². The minimum Gasteiger partial charge on any atom is -0.389 e. The predicted molar refractivity (Wildman–Crippen MR) is 104 cm³/mol. The van der Waals surface area contributed by atoms with Gasteiger partial charge in [-0.25, -0.2) is 0 Å². The molecule has 2 nitrogen and oxygen atoms in total. The van der Waals surface area contributed by atoms with E-state index < -0.39 is 5.60 Å². The maximum absolute atomic E-state index is 12.2. The van der Waals surface area contributed by atoms with Gasteiger partial charge in [-0.2, -0.15) is 0 Å². The maximum atomic E-state index is 12.2. The van der Waals surface area contributed by atoms with Crippen LogP contribution in [0.25, 0.3) is 0 Å². The summed E-state index contributed by atoms with van der Waals surface area (Å²) in [6.07, 6.45) is 16.3. The molecule has 4 aliphatic carbocycles. The molecule has 0 aromatic heterocycles. The Hall–Kier alpha value is -0.810. The Kier molecular flexibility index (Phi) is 4.35. The Labute approximate surface area is 159 Å². The SMILES string of the molecule is C#CC[C@@]1(O)CC[C@]2(C)C3CC[C@@]4(C)C(CC[C@@H]4C(C)=O)C3CC[C@H]2C1. The lowest BCUT2D eigenvalue weighted by Gasteiger charge is -2.62. The highest BCUT2D eigenvalue weighted by Crippen LogP contribution is 2.68. The van der Waals surface area contributed by atoms with Crippen LogP contribution in [0.5, 0.6) is 0 Å². The van der Waals surface area contributed by atoms with E-state index in [1.807, 2.05) is 6.92 Å². The van der Waals surface area contributed by atoms with E-state index in [0.717, 1.165) is 43.4 Å². The lowest BCUT2D eigenvalue weighted by Crippen LogP contribution is -2.56. The number of aliphatic hydroxyl groups is 1. The van der Waals surface area contributed by atoms with E-state index >= 15 is 0 Å². The summed E-state index contributed by atoms with van der Waals surface area (Å²) in [5.74, 6) is 6.35. The number of ketones is 1. The topological polar surface area (TPSA) is 37.3 Å². The van der Waals surface area contributed by atoms with Gasteiger partial charge >= 0.3 is 0 Å². The van der Waals surface area contributed by atoms with Crippen LogP contribution in [0.4, 0.5) is 0 Å². The van der Waals surface area contributed by atoms with Crippen molar-refractivity contribution >= 4 is 5.78 Å². The first-order valence-corrected chi connectivity index (χ1v) is 10.9. The zero-order valence-corrected chi connectivity index (χ0v) is 16.9. The Bertz CT molecular complexity index is 633. The lowest BCUT2D eigenvalue weighted by atomic mass is 9.43. The molecular formula is C24H36O2. The highest BCUT2D eigenvalue weighted by molar-refractivity contribution is 5.79. The van der Waals surface area contributed by atoms with Crippen molar-refractivity contribution in [2.75, 3.05) is 0 Å². The highest BCUT2D eigenvalue weighted by Gasteiger charge is 2.61. The minimum absolute atomic E-state index is 0.245. The molecule has 2 heteroatoms. The van der Waals surface area contributed by atoms with Gasteiger partial charge in [0, 0.05) is 12.3 Å². The van der Waals surface area contributed by atoms with E-state index in [1.165, 1.54) is 32.1 Å². The van der Waals surface area contributed by atoms with Gasteiger partial charge in [-0.1, -0.05) is 13.8 Å². The van der Waals surface area contributed by atoms with Gasteiger partial charge in [0.2, 0.25) is 0 Å². The number of carbonyl (C=O) groups excluding carboxylic acids is 1. The predicted octanol–water partition coefficient (Wildman–Crippen LogP) is 4.99. The molecule has 0 radical (unpaired) electrons. The smallest absolute Gasteiger partial charge is 0.133 e. The number of hydrogen-bond donors (Lipinski definition) is 1. The molecule has 0 aromatic rings. The Morgan fingerprint density at radius 1 is 1.04 bits per heavy atom. The van der Waals surface area contributed by atoms with Crippen molar-refractivity contribution in [3.63, 3.8) is 0 Å². The van der Waals surface area contributed by atoms with E-state index in [-0.39, 0.29) is 5.41 Å². The van der Waals surface area contributed by atoms with Crippen LogP contribution in [-0.4, -0.2) is 16.5 Å². The fraction of sp³-hybridized carbons (Fsp3) is 0.875. The fourth-order valence-electron chi connectivity index (χ4n) is 8.34. The first kappa shape index (κ1) is 18.5. The van der Waals surface area contributed by atoms with Crippen molar-refractivity contribution in [1.82, 2.24) is 0 Å². The third-order valence-corrected chi connectivity index (χ3v) is 9.74. The molecule has 4 aliphatic rings. The molecule has 4 saturated carbocycles. The average Bonchev–Trinajstić information content (AvgIpc) is 2.93. The molecule has 0 aromatic carbocycles. The summed E-state index contributed by atoms with van der Waals surface area (Å²) in [4.78, 5) is 12.2. The molecule has 0 amide bonds. The quantitative estimate of drug-likeness (QED) is 0.708. The Morgan fingerprint density at radius 2 is 1.77 bits per heavy atom. The van der Waals surface area contributed by atoms with Gasteiger partial charge in [0.15, 0.2) is 0 Å². The molecule has 0 spiro atoms. The van der Waals surface area contributed by atoms with E-state index in [9.17, 15) is 9.90 Å². The van der Waals surface area contributed by atoms with Crippen molar-refractivity contribution in [1.29, 1.82) is 0 Å². The van der Waals surface area contributed by atoms with Crippen LogP contribution in [0, 0.1) is 52.8 Å². The van der Waals surface area contributed by atoms with E-state index in [2.05, 4.69) is 19.8 Å². The van der Waals surface area contributed by atoms with Crippen molar-refractivity contribution in [2.45, 2.75) is 90.6 Å². The van der Waals surface area contributed by atoms with Crippen molar-refractivity contribution in [3.8, 4) is 12.3 Å². The number of carbonyl (C=O) groups is 1. The van der Waals surface area contributed by atoms with Gasteiger partial charge in [0.05, 0.1) is 5.60 Å². The van der Waals surface area contributed by atoms with Crippen LogP contribution < -0.4 is 0 Å². The molecule has 0 saturated heterocycles. The molecule has 8 atom stereocenters. The minimum atomic E-state index is -0.623. The molecule has 0 heterocycles. The van der Waals surface area contributed by atoms with Crippen molar-refractivity contribution < 1.29 is 9.90 Å². The number of hydrogen-bond acceptors (Lipinski definition) is 2. The normalized spacial score (nSPS) is 53.1. The first-order chi connectivity index (χ1) is 12.2. The largest absolute Gasteiger partial charge is 0.389 e. The third-order valence-electron chi connectivity index (χ3n) is 9.74. The summed E-state index contributed by atoms with van der Waals surface area (Å²) in [5, 5.41) is 10.9. The number of Topliss-reactive ketones (excluding diaryl/α,β-unsaturated/α-hetero) is 1. The molecule has 1 N–H and O–H groups in total. The van der Waals surface area contributed by atoms with Gasteiger partial charge in [-0.05, 0) is 99.2 Å². The molecule has 4 rings (SSSR count). The maximum Gasteiger partial charge on any atom is 0.133 e. The summed E-state index contributed by atoms with van der Waals surface area (Å²) >= 11 is 0. The third kappa shape index (κ3) is 2.53. The highest BCUT2D eigenvalue weighted by atomic mass is 16.3. The molecule has 144 valence electrons. The monoisotopic (exact) mass is 356 g/mol. The number of rotatable bonds is 2.